The Hall–Kier alpha value is -4.54. The number of pyridine rings is 1. The third kappa shape index (κ3) is 6.60. The van der Waals surface area contributed by atoms with E-state index >= 15 is 0 Å². The second-order valence-corrected chi connectivity index (χ2v) is 12.8. The van der Waals surface area contributed by atoms with Gasteiger partial charge in [0.15, 0.2) is 5.65 Å². The molecule has 4 aromatic rings. The zero-order chi connectivity index (χ0) is 30.9. The zero-order valence-corrected chi connectivity index (χ0v) is 25.8. The van der Waals surface area contributed by atoms with Crippen LogP contribution < -0.4 is 15.4 Å². The molecule has 0 radical (unpaired) electrons. The van der Waals surface area contributed by atoms with Gasteiger partial charge < -0.3 is 14.8 Å². The first-order valence-electron chi connectivity index (χ1n) is 14.6. The van der Waals surface area contributed by atoms with Gasteiger partial charge in [0.1, 0.15) is 23.5 Å². The van der Waals surface area contributed by atoms with Crippen LogP contribution in [0.25, 0.3) is 5.65 Å². The summed E-state index contributed by atoms with van der Waals surface area (Å²) in [6.45, 7) is 14.1. The molecule has 5 rings (SSSR count). The van der Waals surface area contributed by atoms with Crippen LogP contribution in [0.2, 0.25) is 0 Å². The first-order chi connectivity index (χ1) is 20.3. The van der Waals surface area contributed by atoms with Crippen LogP contribution in [0.15, 0.2) is 48.7 Å². The van der Waals surface area contributed by atoms with Gasteiger partial charge in [0.2, 0.25) is 5.82 Å². The van der Waals surface area contributed by atoms with E-state index in [9.17, 15) is 9.59 Å². The quantitative estimate of drug-likeness (QED) is 0.261. The Labute approximate surface area is 251 Å². The number of benzene rings is 1. The maximum absolute atomic E-state index is 13.2. The van der Waals surface area contributed by atoms with Gasteiger partial charge in [-0.3, -0.25) is 9.72 Å². The summed E-state index contributed by atoms with van der Waals surface area (Å²) in [6.07, 6.45) is 3.12. The molecule has 2 amide bonds. The van der Waals surface area contributed by atoms with Crippen LogP contribution in [-0.2, 0) is 15.6 Å². The van der Waals surface area contributed by atoms with Crippen molar-refractivity contribution in [2.75, 3.05) is 11.9 Å². The Balaban J connectivity index is 1.33. The van der Waals surface area contributed by atoms with Gasteiger partial charge in [0.25, 0.3) is 0 Å². The molecule has 2 N–H and O–H groups in total. The van der Waals surface area contributed by atoms with E-state index in [-0.39, 0.29) is 41.2 Å². The predicted molar refractivity (Wildman–Crippen MR) is 162 cm³/mol. The molecule has 11 heteroatoms. The zero-order valence-electron chi connectivity index (χ0n) is 25.8. The molecule has 1 aromatic carbocycles. The van der Waals surface area contributed by atoms with E-state index in [2.05, 4.69) is 51.6 Å². The molecule has 1 aliphatic rings. The third-order valence-corrected chi connectivity index (χ3v) is 7.26. The van der Waals surface area contributed by atoms with Gasteiger partial charge in [0.05, 0.1) is 24.5 Å². The van der Waals surface area contributed by atoms with Crippen LogP contribution in [0.5, 0.6) is 5.75 Å². The Morgan fingerprint density at radius 2 is 1.70 bits per heavy atom. The lowest BCUT2D eigenvalue weighted by molar-refractivity contribution is 0.0511. The molecule has 2 atom stereocenters. The van der Waals surface area contributed by atoms with Gasteiger partial charge in [-0.25, -0.2) is 19.6 Å². The van der Waals surface area contributed by atoms with Crippen molar-refractivity contribution in [3.8, 4) is 5.75 Å². The molecular formula is C32H39N7O4. The highest BCUT2D eigenvalue weighted by Crippen LogP contribution is 2.39. The number of nitrogens with one attached hydrogen (secondary N) is 2. The van der Waals surface area contributed by atoms with Gasteiger partial charge in [-0.1, -0.05) is 65.8 Å². The van der Waals surface area contributed by atoms with Crippen molar-refractivity contribution in [3.05, 3.63) is 77.1 Å². The molecule has 0 unspecified atom stereocenters. The molecule has 0 fully saturated rings. The average molecular weight is 586 g/mol. The summed E-state index contributed by atoms with van der Waals surface area (Å²) >= 11 is 0. The van der Waals surface area contributed by atoms with Crippen LogP contribution in [0.3, 0.4) is 0 Å². The summed E-state index contributed by atoms with van der Waals surface area (Å²) in [5.74, 6) is 1.08. The smallest absolute Gasteiger partial charge is 0.376 e. The summed E-state index contributed by atoms with van der Waals surface area (Å²) in [6, 6.07) is 12.8. The molecule has 11 nitrogen and oxygen atoms in total. The van der Waals surface area contributed by atoms with Crippen molar-refractivity contribution in [1.29, 1.82) is 0 Å². The molecule has 0 bridgehead atoms. The molecule has 226 valence electrons. The minimum Gasteiger partial charge on any atom is -0.484 e. The second-order valence-electron chi connectivity index (χ2n) is 12.8. The van der Waals surface area contributed by atoms with E-state index in [1.807, 2.05) is 67.8 Å². The van der Waals surface area contributed by atoms with Crippen LogP contribution in [0.1, 0.15) is 107 Å². The van der Waals surface area contributed by atoms with Crippen molar-refractivity contribution in [2.45, 2.75) is 84.3 Å². The summed E-state index contributed by atoms with van der Waals surface area (Å²) < 4.78 is 13.6. The number of hydrogen-bond acceptors (Lipinski definition) is 8. The van der Waals surface area contributed by atoms with E-state index in [0.717, 1.165) is 28.3 Å². The number of aromatic nitrogens is 5. The van der Waals surface area contributed by atoms with Crippen molar-refractivity contribution in [3.63, 3.8) is 0 Å². The highest BCUT2D eigenvalue weighted by atomic mass is 16.5. The van der Waals surface area contributed by atoms with E-state index in [1.54, 1.807) is 13.0 Å². The number of rotatable bonds is 6. The predicted octanol–water partition coefficient (Wildman–Crippen LogP) is 6.07. The van der Waals surface area contributed by atoms with Crippen molar-refractivity contribution in [2.24, 2.45) is 0 Å². The van der Waals surface area contributed by atoms with Crippen molar-refractivity contribution >= 4 is 23.5 Å². The lowest BCUT2D eigenvalue weighted by Gasteiger charge is -2.32. The lowest BCUT2D eigenvalue weighted by atomic mass is 9.85. The fraction of sp³-hybridized carbons (Fsp3) is 0.438. The number of hydrogen-bond donors (Lipinski definition) is 2. The van der Waals surface area contributed by atoms with E-state index < -0.39 is 12.0 Å². The molecule has 3 heterocycles. The average Bonchev–Trinajstić information content (AvgIpc) is 3.38. The number of urea groups is 1. The monoisotopic (exact) mass is 585 g/mol. The summed E-state index contributed by atoms with van der Waals surface area (Å²) in [5.41, 5.74) is 2.84. The number of amides is 2. The maximum atomic E-state index is 13.2. The number of nitrogens with zero attached hydrogens (tertiary/aromatic N) is 5. The number of ether oxygens (including phenoxy) is 2. The SMILES string of the molecule is CCOC(=O)c1nc(NC(=O)N[C@H]2CC[C@@H](Oc3ccc4nnc(C(C)(C)C)n4c3)c3ccccc32)cc(C(C)(C)C)n1. The first-order valence-corrected chi connectivity index (χ1v) is 14.6. The lowest BCUT2D eigenvalue weighted by Crippen LogP contribution is -2.36. The van der Waals surface area contributed by atoms with E-state index in [4.69, 9.17) is 9.47 Å². The Bertz CT molecular complexity index is 1650. The minimum atomic E-state index is -0.637. The van der Waals surface area contributed by atoms with Crippen molar-refractivity contribution < 1.29 is 19.1 Å². The third-order valence-electron chi connectivity index (χ3n) is 7.26. The molecule has 0 saturated heterocycles. The number of fused-ring (bicyclic) bond motifs is 2. The fourth-order valence-corrected chi connectivity index (χ4v) is 5.13. The first kappa shape index (κ1) is 29.9. The second kappa shape index (κ2) is 11.6. The van der Waals surface area contributed by atoms with Crippen LogP contribution in [0.4, 0.5) is 10.6 Å². The number of carbonyl (C=O) groups excluding carboxylic acids is 2. The summed E-state index contributed by atoms with van der Waals surface area (Å²) in [7, 11) is 0. The van der Waals surface area contributed by atoms with Crippen LogP contribution in [0, 0.1) is 0 Å². The molecule has 0 aliphatic heterocycles. The summed E-state index contributed by atoms with van der Waals surface area (Å²) in [4.78, 5) is 34.2. The summed E-state index contributed by atoms with van der Waals surface area (Å²) in [5, 5.41) is 14.6. The minimum absolute atomic E-state index is 0.0909. The Morgan fingerprint density at radius 3 is 2.40 bits per heavy atom. The molecule has 43 heavy (non-hydrogen) atoms. The van der Waals surface area contributed by atoms with Gasteiger partial charge in [-0.2, -0.15) is 0 Å². The highest BCUT2D eigenvalue weighted by molar-refractivity contribution is 5.90. The normalized spacial score (nSPS) is 16.8. The molecule has 1 aliphatic carbocycles. The number of esters is 1. The van der Waals surface area contributed by atoms with Gasteiger partial charge in [-0.05, 0) is 43.0 Å². The fourth-order valence-electron chi connectivity index (χ4n) is 5.13. The van der Waals surface area contributed by atoms with Gasteiger partial charge in [-0.15, -0.1) is 10.2 Å². The molecule has 3 aromatic heterocycles. The standard InChI is InChI=1S/C32H39N7O4/c1-8-42-28(40)27-34-24(31(2,3)4)17-25(35-27)36-30(41)33-22-14-15-23(21-12-10-9-11-20(21)22)43-19-13-16-26-37-38-29(32(5,6)7)39(26)18-19/h9-13,16-18,22-23H,8,14-15H2,1-7H3,(H2,33,34,35,36,41)/t22-,23+/m0/s1. The van der Waals surface area contributed by atoms with Crippen molar-refractivity contribution in [1.82, 2.24) is 29.9 Å². The molecule has 0 saturated carbocycles. The van der Waals surface area contributed by atoms with E-state index in [0.29, 0.717) is 18.5 Å². The molecule has 0 spiro atoms. The number of anilines is 1. The van der Waals surface area contributed by atoms with Gasteiger partial charge in [0, 0.05) is 16.9 Å². The highest BCUT2D eigenvalue weighted by Gasteiger charge is 2.30. The largest absolute Gasteiger partial charge is 0.484 e. The van der Waals surface area contributed by atoms with Gasteiger partial charge >= 0.3 is 12.0 Å². The molecular weight excluding hydrogens is 546 g/mol. The van der Waals surface area contributed by atoms with E-state index in [1.165, 1.54) is 0 Å². The number of carbonyl (C=O) groups is 2. The maximum Gasteiger partial charge on any atom is 0.376 e. The Kier molecular flexibility index (Phi) is 8.09. The van der Waals surface area contributed by atoms with Crippen LogP contribution >= 0.6 is 0 Å². The topological polar surface area (TPSA) is 133 Å². The Morgan fingerprint density at radius 1 is 0.953 bits per heavy atom. The van der Waals surface area contributed by atoms with Crippen LogP contribution in [-0.4, -0.2) is 43.2 Å².